The van der Waals surface area contributed by atoms with Crippen molar-refractivity contribution in [2.24, 2.45) is 11.8 Å². The molecule has 0 aromatic heterocycles. The first kappa shape index (κ1) is 16.2. The van der Waals surface area contributed by atoms with Gasteiger partial charge in [0.15, 0.2) is 0 Å². The molecule has 0 saturated heterocycles. The van der Waals surface area contributed by atoms with Gasteiger partial charge in [-0.3, -0.25) is 0 Å². The third-order valence-corrected chi connectivity index (χ3v) is 4.13. The second kappa shape index (κ2) is 7.06. The molecule has 0 bridgehead atoms. The van der Waals surface area contributed by atoms with Crippen LogP contribution >= 0.6 is 0 Å². The molecule has 3 N–H and O–H groups in total. The van der Waals surface area contributed by atoms with E-state index in [9.17, 15) is 13.2 Å². The van der Waals surface area contributed by atoms with Crippen molar-refractivity contribution in [2.75, 3.05) is 13.2 Å². The summed E-state index contributed by atoms with van der Waals surface area (Å²) in [5.74, 6) is 0.244. The number of nitrogens with one attached hydrogen (secondary N) is 2. The molecule has 1 aliphatic rings. The molecule has 7 nitrogen and oxygen atoms in total. The smallest absolute Gasteiger partial charge is 0.422 e. The van der Waals surface area contributed by atoms with Gasteiger partial charge in [-0.25, -0.2) is 9.52 Å². The Morgan fingerprint density at radius 2 is 2.00 bits per heavy atom. The van der Waals surface area contributed by atoms with E-state index in [0.29, 0.717) is 0 Å². The molecule has 1 amide bonds. The zero-order chi connectivity index (χ0) is 14.5. The van der Waals surface area contributed by atoms with E-state index >= 15 is 0 Å². The summed E-state index contributed by atoms with van der Waals surface area (Å²) in [6.07, 6.45) is 1.40. The van der Waals surface area contributed by atoms with Crippen molar-refractivity contribution in [3.05, 3.63) is 0 Å². The summed E-state index contributed by atoms with van der Waals surface area (Å²) in [4.78, 5) is 11.2. The number of ether oxygens (including phenoxy) is 1. The standard InChI is InChI=1S/C11H22N2O5S/c1-8(2)18-11(15)13-19(16,17)12-6-9-4-3-5-10(9)7-14/h8-10,12,14H,3-7H2,1-2H3,(H,13,15). The highest BCUT2D eigenvalue weighted by Gasteiger charge is 2.28. The summed E-state index contributed by atoms with van der Waals surface area (Å²) in [6.45, 7) is 3.54. The largest absolute Gasteiger partial charge is 0.446 e. The summed E-state index contributed by atoms with van der Waals surface area (Å²) < 4.78 is 32.0. The van der Waals surface area contributed by atoms with Gasteiger partial charge in [-0.05, 0) is 38.5 Å². The SMILES string of the molecule is CC(C)OC(=O)NS(=O)(=O)NCC1CCCC1CO. The number of aliphatic hydroxyl groups is 1. The van der Waals surface area contributed by atoms with E-state index in [1.807, 2.05) is 0 Å². The molecule has 0 aliphatic heterocycles. The number of carbonyl (C=O) groups is 1. The van der Waals surface area contributed by atoms with Gasteiger partial charge in [0.1, 0.15) is 0 Å². The Morgan fingerprint density at radius 1 is 1.37 bits per heavy atom. The van der Waals surface area contributed by atoms with E-state index in [4.69, 9.17) is 9.84 Å². The molecule has 0 aromatic carbocycles. The van der Waals surface area contributed by atoms with Gasteiger partial charge >= 0.3 is 16.3 Å². The Balaban J connectivity index is 2.40. The highest BCUT2D eigenvalue weighted by Crippen LogP contribution is 2.30. The van der Waals surface area contributed by atoms with Crippen LogP contribution in [-0.4, -0.2) is 38.9 Å². The summed E-state index contributed by atoms with van der Waals surface area (Å²) >= 11 is 0. The van der Waals surface area contributed by atoms with Crippen molar-refractivity contribution >= 4 is 16.3 Å². The molecule has 112 valence electrons. The van der Waals surface area contributed by atoms with Gasteiger partial charge in [0, 0.05) is 13.2 Å². The Labute approximate surface area is 113 Å². The lowest BCUT2D eigenvalue weighted by Crippen LogP contribution is -2.43. The summed E-state index contributed by atoms with van der Waals surface area (Å²) in [6, 6.07) is 0. The molecular weight excluding hydrogens is 272 g/mol. The van der Waals surface area contributed by atoms with Crippen LogP contribution < -0.4 is 9.44 Å². The second-order valence-corrected chi connectivity index (χ2v) is 6.54. The van der Waals surface area contributed by atoms with Gasteiger partial charge in [-0.2, -0.15) is 13.1 Å². The normalized spacial score (nSPS) is 23.6. The molecule has 19 heavy (non-hydrogen) atoms. The monoisotopic (exact) mass is 294 g/mol. The number of carbonyl (C=O) groups excluding carboxylic acids is 1. The van der Waals surface area contributed by atoms with Gasteiger partial charge < -0.3 is 9.84 Å². The van der Waals surface area contributed by atoms with Crippen LogP contribution in [0.25, 0.3) is 0 Å². The molecule has 2 unspecified atom stereocenters. The van der Waals surface area contributed by atoms with Gasteiger partial charge in [-0.1, -0.05) is 6.42 Å². The zero-order valence-electron chi connectivity index (χ0n) is 11.3. The van der Waals surface area contributed by atoms with E-state index in [0.717, 1.165) is 19.3 Å². The zero-order valence-corrected chi connectivity index (χ0v) is 12.1. The number of hydrogen-bond donors (Lipinski definition) is 3. The molecule has 0 heterocycles. The van der Waals surface area contributed by atoms with Crippen molar-refractivity contribution in [2.45, 2.75) is 39.2 Å². The molecule has 1 rings (SSSR count). The van der Waals surface area contributed by atoms with E-state index in [1.54, 1.807) is 18.6 Å². The van der Waals surface area contributed by atoms with Crippen LogP contribution in [0.3, 0.4) is 0 Å². The average Bonchev–Trinajstić information content (AvgIpc) is 2.71. The van der Waals surface area contributed by atoms with Gasteiger partial charge in [0.25, 0.3) is 0 Å². The highest BCUT2D eigenvalue weighted by molar-refractivity contribution is 7.88. The Bertz CT molecular complexity index is 396. The molecule has 0 aromatic rings. The van der Waals surface area contributed by atoms with Gasteiger partial charge in [0.2, 0.25) is 0 Å². The van der Waals surface area contributed by atoms with E-state index < -0.39 is 16.3 Å². The Hall–Kier alpha value is -0.860. The third-order valence-electron chi connectivity index (χ3n) is 3.15. The Morgan fingerprint density at radius 3 is 2.58 bits per heavy atom. The number of amides is 1. The number of hydrogen-bond acceptors (Lipinski definition) is 5. The molecule has 1 fully saturated rings. The summed E-state index contributed by atoms with van der Waals surface area (Å²) in [5.41, 5.74) is 0. The molecule has 0 spiro atoms. The third kappa shape index (κ3) is 5.75. The van der Waals surface area contributed by atoms with E-state index in [1.165, 1.54) is 0 Å². The molecular formula is C11H22N2O5S. The van der Waals surface area contributed by atoms with Crippen molar-refractivity contribution in [1.29, 1.82) is 0 Å². The summed E-state index contributed by atoms with van der Waals surface area (Å²) in [5, 5.41) is 9.14. The fraction of sp³-hybridized carbons (Fsp3) is 0.909. The van der Waals surface area contributed by atoms with E-state index in [2.05, 4.69) is 4.72 Å². The van der Waals surface area contributed by atoms with Crippen molar-refractivity contribution < 1.29 is 23.1 Å². The minimum atomic E-state index is -3.90. The van der Waals surface area contributed by atoms with Crippen molar-refractivity contribution in [3.8, 4) is 0 Å². The topological polar surface area (TPSA) is 105 Å². The van der Waals surface area contributed by atoms with Gasteiger partial charge in [-0.15, -0.1) is 0 Å². The first-order chi connectivity index (χ1) is 8.84. The molecule has 8 heteroatoms. The van der Waals surface area contributed by atoms with Crippen LogP contribution in [0, 0.1) is 11.8 Å². The molecule has 2 atom stereocenters. The quantitative estimate of drug-likeness (QED) is 0.656. The molecule has 0 radical (unpaired) electrons. The summed E-state index contributed by atoms with van der Waals surface area (Å²) in [7, 11) is -3.90. The fourth-order valence-corrected chi connectivity index (χ4v) is 3.00. The maximum atomic E-state index is 11.6. The minimum Gasteiger partial charge on any atom is -0.446 e. The van der Waals surface area contributed by atoms with Crippen LogP contribution in [0.5, 0.6) is 0 Å². The van der Waals surface area contributed by atoms with Crippen LogP contribution in [0.4, 0.5) is 4.79 Å². The number of aliphatic hydroxyl groups excluding tert-OH is 1. The average molecular weight is 294 g/mol. The lowest BCUT2D eigenvalue weighted by molar-refractivity contribution is 0.121. The number of rotatable bonds is 6. The van der Waals surface area contributed by atoms with Crippen molar-refractivity contribution in [3.63, 3.8) is 0 Å². The molecule has 1 aliphatic carbocycles. The predicted octanol–water partition coefficient (Wildman–Crippen LogP) is 0.364. The molecule has 1 saturated carbocycles. The lowest BCUT2D eigenvalue weighted by atomic mass is 9.97. The predicted molar refractivity (Wildman–Crippen MR) is 69.6 cm³/mol. The van der Waals surface area contributed by atoms with Crippen LogP contribution in [0.2, 0.25) is 0 Å². The minimum absolute atomic E-state index is 0.0647. The van der Waals surface area contributed by atoms with E-state index in [-0.39, 0.29) is 31.1 Å². The maximum absolute atomic E-state index is 11.6. The highest BCUT2D eigenvalue weighted by atomic mass is 32.2. The van der Waals surface area contributed by atoms with Crippen LogP contribution in [0.15, 0.2) is 0 Å². The first-order valence-electron chi connectivity index (χ1n) is 6.43. The maximum Gasteiger partial charge on any atom is 0.422 e. The fourth-order valence-electron chi connectivity index (χ4n) is 2.22. The van der Waals surface area contributed by atoms with Crippen LogP contribution in [-0.2, 0) is 14.9 Å². The van der Waals surface area contributed by atoms with Crippen LogP contribution in [0.1, 0.15) is 33.1 Å². The Kier molecular flexibility index (Phi) is 6.02. The first-order valence-corrected chi connectivity index (χ1v) is 7.91. The van der Waals surface area contributed by atoms with Gasteiger partial charge in [0.05, 0.1) is 6.10 Å². The van der Waals surface area contributed by atoms with Crippen molar-refractivity contribution in [1.82, 2.24) is 9.44 Å². The second-order valence-electron chi connectivity index (χ2n) is 5.04. The lowest BCUT2D eigenvalue weighted by Gasteiger charge is -2.18.